The second kappa shape index (κ2) is 17.0. The molecule has 0 radical (unpaired) electrons. The maximum Gasteiger partial charge on any atom is 0.325 e. The standard InChI is InChI=1S/C6H10O.C4H6O7S.C3H8O3/c1-3-5-7-6-4-2;5-3(6)1-2(4(7)8)12(9,10)11;4-1-3(6)2-5/h3-4H,1-2,5-6H2;2H,1H2,(H,5,6)(H,7,8)(H,9,10,11);3-6H,1-2H2. The molecule has 0 spiro atoms. The van der Waals surface area contributed by atoms with Gasteiger partial charge in [-0.3, -0.25) is 14.1 Å². The largest absolute Gasteiger partial charge is 0.481 e. The molecule has 0 aromatic rings. The molecule has 0 saturated carbocycles. The maximum absolute atomic E-state index is 10.2. The van der Waals surface area contributed by atoms with Gasteiger partial charge in [0.25, 0.3) is 10.1 Å². The Balaban J connectivity index is -0.000000317. The molecule has 0 saturated heterocycles. The highest BCUT2D eigenvalue weighted by Crippen LogP contribution is 2.04. The fourth-order valence-corrected chi connectivity index (χ4v) is 1.38. The summed E-state index contributed by atoms with van der Waals surface area (Å²) in [5, 5.41) is 37.9. The lowest BCUT2D eigenvalue weighted by Gasteiger charge is -2.04. The molecule has 1 unspecified atom stereocenters. The van der Waals surface area contributed by atoms with E-state index >= 15 is 0 Å². The van der Waals surface area contributed by atoms with Crippen molar-refractivity contribution in [3.8, 4) is 0 Å². The Morgan fingerprint density at radius 1 is 1.04 bits per heavy atom. The van der Waals surface area contributed by atoms with Gasteiger partial charge in [-0.2, -0.15) is 8.42 Å². The Bertz CT molecular complexity index is 474. The summed E-state index contributed by atoms with van der Waals surface area (Å²) in [5.74, 6) is -3.50. The molecule has 25 heavy (non-hydrogen) atoms. The predicted molar refractivity (Wildman–Crippen MR) is 86.6 cm³/mol. The van der Waals surface area contributed by atoms with Gasteiger partial charge >= 0.3 is 11.9 Å². The second-order valence-corrected chi connectivity index (χ2v) is 5.67. The Hall–Kier alpha value is -1.83. The maximum atomic E-state index is 10.2. The van der Waals surface area contributed by atoms with Crippen molar-refractivity contribution in [3.05, 3.63) is 25.3 Å². The molecule has 12 heteroatoms. The van der Waals surface area contributed by atoms with E-state index in [1.54, 1.807) is 12.2 Å². The minimum absolute atomic E-state index is 0.365. The van der Waals surface area contributed by atoms with Crippen molar-refractivity contribution in [1.29, 1.82) is 0 Å². The summed E-state index contributed by atoms with van der Waals surface area (Å²) in [6.45, 7) is 7.45. The molecule has 0 fully saturated rings. The molecular formula is C13H24O11S. The van der Waals surface area contributed by atoms with E-state index in [1.807, 2.05) is 0 Å². The molecule has 0 aliphatic carbocycles. The van der Waals surface area contributed by atoms with Gasteiger partial charge in [-0.1, -0.05) is 12.2 Å². The topological polar surface area (TPSA) is 199 Å². The molecule has 1 atom stereocenters. The molecule has 0 aromatic carbocycles. The molecule has 0 aromatic heterocycles. The molecule has 0 bridgehead atoms. The van der Waals surface area contributed by atoms with E-state index in [1.165, 1.54) is 0 Å². The number of carboxylic acids is 2. The first-order valence-electron chi connectivity index (χ1n) is 6.58. The summed E-state index contributed by atoms with van der Waals surface area (Å²) in [7, 11) is -4.84. The van der Waals surface area contributed by atoms with Crippen LogP contribution in [-0.2, 0) is 24.4 Å². The van der Waals surface area contributed by atoms with Crippen LogP contribution in [0.3, 0.4) is 0 Å². The van der Waals surface area contributed by atoms with Gasteiger partial charge in [-0.15, -0.1) is 13.2 Å². The Morgan fingerprint density at radius 2 is 1.44 bits per heavy atom. The van der Waals surface area contributed by atoms with E-state index in [4.69, 9.17) is 34.8 Å². The van der Waals surface area contributed by atoms with Gasteiger partial charge in [-0.05, 0) is 0 Å². The lowest BCUT2D eigenvalue weighted by Crippen LogP contribution is -2.31. The fourth-order valence-electron chi connectivity index (χ4n) is 0.771. The van der Waals surface area contributed by atoms with E-state index in [0.717, 1.165) is 0 Å². The third-order valence-electron chi connectivity index (χ3n) is 1.89. The lowest BCUT2D eigenvalue weighted by molar-refractivity contribution is -0.143. The zero-order valence-corrected chi connectivity index (χ0v) is 14.2. The van der Waals surface area contributed by atoms with Gasteiger partial charge in [0.2, 0.25) is 0 Å². The Morgan fingerprint density at radius 3 is 1.56 bits per heavy atom. The Kier molecular flexibility index (Phi) is 19.0. The molecule has 0 aliphatic rings. The smallest absolute Gasteiger partial charge is 0.325 e. The number of carboxylic acid groups (broad SMARTS) is 2. The number of aliphatic carboxylic acids is 2. The number of aliphatic hydroxyl groups excluding tert-OH is 3. The van der Waals surface area contributed by atoms with Crippen LogP contribution < -0.4 is 0 Å². The van der Waals surface area contributed by atoms with Crippen LogP contribution in [0.25, 0.3) is 0 Å². The highest BCUT2D eigenvalue weighted by atomic mass is 32.2. The van der Waals surface area contributed by atoms with Crippen LogP contribution in [0.1, 0.15) is 6.42 Å². The van der Waals surface area contributed by atoms with Crippen LogP contribution in [0, 0.1) is 0 Å². The fraction of sp³-hybridized carbons (Fsp3) is 0.538. The second-order valence-electron chi connectivity index (χ2n) is 4.07. The summed E-state index contributed by atoms with van der Waals surface area (Å²) >= 11 is 0. The zero-order valence-electron chi connectivity index (χ0n) is 13.4. The van der Waals surface area contributed by atoms with Crippen LogP contribution in [0.4, 0.5) is 0 Å². The number of carbonyl (C=O) groups is 2. The van der Waals surface area contributed by atoms with Crippen molar-refractivity contribution < 1.29 is 52.8 Å². The molecule has 11 nitrogen and oxygen atoms in total. The van der Waals surface area contributed by atoms with Crippen molar-refractivity contribution in [3.63, 3.8) is 0 Å². The minimum Gasteiger partial charge on any atom is -0.481 e. The van der Waals surface area contributed by atoms with Crippen LogP contribution in [-0.4, -0.2) is 88.2 Å². The van der Waals surface area contributed by atoms with E-state index in [9.17, 15) is 18.0 Å². The van der Waals surface area contributed by atoms with Crippen molar-refractivity contribution in [2.75, 3.05) is 26.4 Å². The van der Waals surface area contributed by atoms with Crippen molar-refractivity contribution in [2.24, 2.45) is 0 Å². The number of ether oxygens (including phenoxy) is 1. The summed E-state index contributed by atoms with van der Waals surface area (Å²) in [4.78, 5) is 20.0. The normalized spacial score (nSPS) is 11.2. The molecule has 6 N–H and O–H groups in total. The highest BCUT2D eigenvalue weighted by molar-refractivity contribution is 7.87. The van der Waals surface area contributed by atoms with Gasteiger partial charge < -0.3 is 30.3 Å². The molecule has 0 heterocycles. The van der Waals surface area contributed by atoms with Crippen molar-refractivity contribution >= 4 is 22.1 Å². The first-order chi connectivity index (χ1) is 11.5. The van der Waals surface area contributed by atoms with E-state index in [2.05, 4.69) is 13.2 Å². The lowest BCUT2D eigenvalue weighted by atomic mass is 10.3. The average molecular weight is 388 g/mol. The highest BCUT2D eigenvalue weighted by Gasteiger charge is 2.33. The molecular weight excluding hydrogens is 364 g/mol. The molecule has 148 valence electrons. The van der Waals surface area contributed by atoms with Crippen molar-refractivity contribution in [2.45, 2.75) is 17.8 Å². The predicted octanol–water partition coefficient (Wildman–Crippen LogP) is -1.49. The van der Waals surface area contributed by atoms with Gasteiger partial charge in [-0.25, -0.2) is 0 Å². The molecule has 0 aliphatic heterocycles. The number of hydrogen-bond acceptors (Lipinski definition) is 8. The Labute approximate surface area is 145 Å². The number of rotatable bonds is 10. The summed E-state index contributed by atoms with van der Waals surface area (Å²) < 4.78 is 33.6. The first-order valence-corrected chi connectivity index (χ1v) is 8.08. The SMILES string of the molecule is C=CCOCC=C.O=C(O)CC(C(=O)O)S(=O)(=O)O.OCC(O)CO. The summed E-state index contributed by atoms with van der Waals surface area (Å²) in [5.41, 5.74) is 0. The summed E-state index contributed by atoms with van der Waals surface area (Å²) in [6, 6.07) is 0. The van der Waals surface area contributed by atoms with Crippen LogP contribution in [0.2, 0.25) is 0 Å². The number of hydrogen-bond donors (Lipinski definition) is 6. The molecule has 0 rings (SSSR count). The van der Waals surface area contributed by atoms with E-state index in [0.29, 0.717) is 13.2 Å². The van der Waals surface area contributed by atoms with Gasteiger partial charge in [0.15, 0.2) is 5.25 Å². The van der Waals surface area contributed by atoms with Crippen LogP contribution >= 0.6 is 0 Å². The monoisotopic (exact) mass is 388 g/mol. The van der Waals surface area contributed by atoms with Gasteiger partial charge in [0.05, 0.1) is 32.8 Å². The third kappa shape index (κ3) is 22.2. The first kappa shape index (κ1) is 28.0. The number of aliphatic hydroxyl groups is 3. The van der Waals surface area contributed by atoms with Crippen LogP contribution in [0.15, 0.2) is 25.3 Å². The van der Waals surface area contributed by atoms with Gasteiger partial charge in [0.1, 0.15) is 6.10 Å². The van der Waals surface area contributed by atoms with Crippen molar-refractivity contribution in [1.82, 2.24) is 0 Å². The van der Waals surface area contributed by atoms with E-state index < -0.39 is 39.8 Å². The summed E-state index contributed by atoms with van der Waals surface area (Å²) in [6.07, 6.45) is 1.31. The quantitative estimate of drug-likeness (QED) is 0.145. The molecule has 0 amide bonds. The van der Waals surface area contributed by atoms with Gasteiger partial charge in [0, 0.05) is 0 Å². The zero-order chi connectivity index (χ0) is 20.5. The van der Waals surface area contributed by atoms with E-state index in [-0.39, 0.29) is 13.2 Å². The third-order valence-corrected chi connectivity index (χ3v) is 2.98. The minimum atomic E-state index is -4.84. The van der Waals surface area contributed by atoms with Crippen LogP contribution in [0.5, 0.6) is 0 Å². The average Bonchev–Trinajstić information content (AvgIpc) is 2.52.